The van der Waals surface area contributed by atoms with Gasteiger partial charge in [-0.05, 0) is 0 Å². The lowest BCUT2D eigenvalue weighted by Gasteiger charge is -2.25. The summed E-state index contributed by atoms with van der Waals surface area (Å²) in [6, 6.07) is 0. The molecule has 0 spiro atoms. The van der Waals surface area contributed by atoms with E-state index in [1.54, 1.807) is 0 Å². The average molecular weight is 143 g/mol. The van der Waals surface area contributed by atoms with Crippen LogP contribution < -0.4 is 0 Å². The van der Waals surface area contributed by atoms with E-state index in [1.807, 2.05) is 0 Å². The first-order chi connectivity index (χ1) is 4.72. The number of aliphatic hydroxyl groups excluding tert-OH is 2. The summed E-state index contributed by atoms with van der Waals surface area (Å²) in [4.78, 5) is 10.7. The zero-order valence-electron chi connectivity index (χ0n) is 5.20. The number of carbonyl (C=O) groups is 1. The monoisotopic (exact) mass is 143 g/mol. The second-order valence-corrected chi connectivity index (χ2v) is 3.19. The van der Waals surface area contributed by atoms with Crippen molar-refractivity contribution in [1.82, 2.24) is 0 Å². The normalized spacial score (nSPS) is 59.0. The Bertz CT molecular complexity index is 234. The minimum atomic E-state index is -0.457. The van der Waals surface area contributed by atoms with E-state index in [1.165, 1.54) is 0 Å². The summed E-state index contributed by atoms with van der Waals surface area (Å²) in [5, 5.41) is 17.4. The molecule has 3 fully saturated rings. The predicted octanol–water partition coefficient (Wildman–Crippen LogP) is -1.67. The Morgan fingerprint density at radius 3 is 2.60 bits per heavy atom. The zero-order chi connectivity index (χ0) is 7.15. The molecule has 10 heavy (non-hydrogen) atoms. The van der Waals surface area contributed by atoms with Gasteiger partial charge in [0.05, 0.1) is 6.42 Å². The molecular formula is C6H7O4+. The smallest absolute Gasteiger partial charge is 0.521 e. The van der Waals surface area contributed by atoms with Crippen LogP contribution in [0.1, 0.15) is 6.42 Å². The molecular weight excluding hydrogens is 136 g/mol. The fourth-order valence-electron chi connectivity index (χ4n) is 2.08. The van der Waals surface area contributed by atoms with Crippen molar-refractivity contribution in [3.05, 3.63) is 0 Å². The Balaban J connectivity index is 1.80. The number of carbonyl (C=O) groups excluding carboxylic acids is 1. The summed E-state index contributed by atoms with van der Waals surface area (Å²) in [5.74, 6) is -0.323. The Kier molecular flexibility index (Phi) is 0.466. The standard InChI is InChI=1S/C6H7O4/c7-1-3(8)10-5-2-6(5,10)4(5)9/h4,7,9H,1-2H2/q+1/t5-,6-/m1/s1. The van der Waals surface area contributed by atoms with Crippen molar-refractivity contribution in [1.29, 1.82) is 0 Å². The lowest BCUT2D eigenvalue weighted by atomic mass is 10.2. The van der Waals surface area contributed by atoms with Gasteiger partial charge in [0, 0.05) is 4.79 Å². The fraction of sp³-hybridized carbons (Fsp3) is 0.833. The van der Waals surface area contributed by atoms with Crippen LogP contribution in [0.25, 0.3) is 0 Å². The van der Waals surface area contributed by atoms with Crippen molar-refractivity contribution >= 4 is 5.97 Å². The summed E-state index contributed by atoms with van der Waals surface area (Å²) < 4.78 is 2.36. The van der Waals surface area contributed by atoms with Crippen LogP contribution in [-0.2, 0) is 9.16 Å². The van der Waals surface area contributed by atoms with Crippen molar-refractivity contribution in [2.45, 2.75) is 23.7 Å². The van der Waals surface area contributed by atoms with E-state index in [4.69, 9.17) is 10.2 Å². The Hall–Kier alpha value is -0.610. The highest BCUT2D eigenvalue weighted by atomic mass is 16.9. The van der Waals surface area contributed by atoms with Crippen LogP contribution >= 0.6 is 0 Å². The Morgan fingerprint density at radius 1 is 1.70 bits per heavy atom. The number of epoxide rings is 1. The van der Waals surface area contributed by atoms with Crippen molar-refractivity contribution < 1.29 is 19.4 Å². The van der Waals surface area contributed by atoms with Crippen LogP contribution in [0.3, 0.4) is 0 Å². The van der Waals surface area contributed by atoms with E-state index < -0.39 is 6.61 Å². The molecule has 2 N–H and O–H groups in total. The van der Waals surface area contributed by atoms with E-state index in [0.29, 0.717) is 0 Å². The number of aliphatic hydroxyl groups is 2. The lowest BCUT2D eigenvalue weighted by Crippen LogP contribution is -2.41. The summed E-state index contributed by atoms with van der Waals surface area (Å²) in [5.41, 5.74) is -0.486. The summed E-state index contributed by atoms with van der Waals surface area (Å²) in [6.07, 6.45) is 0.609. The maximum Gasteiger partial charge on any atom is 0.545 e. The second-order valence-electron chi connectivity index (χ2n) is 3.19. The molecule has 3 aliphatic rings. The minimum absolute atomic E-state index is 0.243. The largest absolute Gasteiger partial charge is 0.545 e. The molecule has 0 amide bonds. The molecule has 2 atom stereocenters. The molecule has 1 aliphatic heterocycles. The molecule has 3 rings (SSSR count). The van der Waals surface area contributed by atoms with Crippen LogP contribution in [0.15, 0.2) is 0 Å². The molecule has 4 heteroatoms. The molecule has 0 bridgehead atoms. The first-order valence-electron chi connectivity index (χ1n) is 3.28. The van der Waals surface area contributed by atoms with Gasteiger partial charge in [-0.1, -0.05) is 0 Å². The van der Waals surface area contributed by atoms with E-state index in [0.717, 1.165) is 6.42 Å². The van der Waals surface area contributed by atoms with Gasteiger partial charge < -0.3 is 14.6 Å². The Morgan fingerprint density at radius 2 is 2.30 bits per heavy atom. The molecule has 1 heterocycles. The highest BCUT2D eigenvalue weighted by Gasteiger charge is 3.22. The molecule has 54 valence electrons. The van der Waals surface area contributed by atoms with Crippen molar-refractivity contribution in [3.8, 4) is 0 Å². The molecule has 1 saturated heterocycles. The van der Waals surface area contributed by atoms with Gasteiger partial charge >= 0.3 is 5.97 Å². The van der Waals surface area contributed by atoms with Crippen LogP contribution in [0.4, 0.5) is 0 Å². The van der Waals surface area contributed by atoms with Gasteiger partial charge in [0.15, 0.2) is 6.10 Å². The minimum Gasteiger partial charge on any atom is -0.521 e. The molecule has 2 saturated carbocycles. The topological polar surface area (TPSA) is 60.2 Å². The van der Waals surface area contributed by atoms with Gasteiger partial charge in [-0.25, -0.2) is 0 Å². The molecule has 0 radical (unpaired) electrons. The van der Waals surface area contributed by atoms with Gasteiger partial charge in [0.1, 0.15) is 0 Å². The molecule has 0 aromatic heterocycles. The third-order valence-corrected chi connectivity index (χ3v) is 2.96. The lowest BCUT2D eigenvalue weighted by molar-refractivity contribution is -0.221. The van der Waals surface area contributed by atoms with Gasteiger partial charge in [-0.15, -0.1) is 0 Å². The predicted molar refractivity (Wildman–Crippen MR) is 29.3 cm³/mol. The van der Waals surface area contributed by atoms with Crippen molar-refractivity contribution in [2.24, 2.45) is 0 Å². The number of hydrogen-bond acceptors (Lipinski definition) is 3. The van der Waals surface area contributed by atoms with Crippen LogP contribution in [-0.4, -0.2) is 40.1 Å². The maximum absolute atomic E-state index is 10.7. The summed E-state index contributed by atoms with van der Waals surface area (Å²) in [7, 11) is 0. The van der Waals surface area contributed by atoms with E-state index in [2.05, 4.69) is 4.37 Å². The number of hydrogen-bond donors (Lipinski definition) is 2. The van der Waals surface area contributed by atoms with E-state index >= 15 is 0 Å². The molecule has 0 aromatic carbocycles. The van der Waals surface area contributed by atoms with Crippen LogP contribution in [0.2, 0.25) is 0 Å². The molecule has 0 aromatic rings. The maximum atomic E-state index is 10.7. The van der Waals surface area contributed by atoms with Crippen LogP contribution in [0, 0.1) is 0 Å². The van der Waals surface area contributed by atoms with E-state index in [9.17, 15) is 4.79 Å². The highest BCUT2D eigenvalue weighted by molar-refractivity contribution is 5.86. The summed E-state index contributed by atoms with van der Waals surface area (Å²) >= 11 is 0. The van der Waals surface area contributed by atoms with Crippen LogP contribution in [0.5, 0.6) is 0 Å². The first-order valence-corrected chi connectivity index (χ1v) is 3.28. The molecule has 0 unspecified atom stereocenters. The molecule has 2 aliphatic carbocycles. The van der Waals surface area contributed by atoms with Gasteiger partial charge in [0.2, 0.25) is 17.8 Å². The zero-order valence-corrected chi connectivity index (χ0v) is 5.20. The number of rotatable bonds is 1. The highest BCUT2D eigenvalue weighted by Crippen LogP contribution is 2.96. The third-order valence-electron chi connectivity index (χ3n) is 2.96. The third kappa shape index (κ3) is 0.205. The Labute approximate surface area is 56.7 Å². The van der Waals surface area contributed by atoms with Gasteiger partial charge in [-0.2, -0.15) is 0 Å². The first kappa shape index (κ1) is 5.09. The summed E-state index contributed by atoms with van der Waals surface area (Å²) in [6.45, 7) is -0.457. The average Bonchev–Trinajstić information content (AvgIpc) is 2.75. The fourth-order valence-corrected chi connectivity index (χ4v) is 2.08. The van der Waals surface area contributed by atoms with E-state index in [-0.39, 0.29) is 23.3 Å². The second kappa shape index (κ2) is 0.914. The van der Waals surface area contributed by atoms with Gasteiger partial charge in [-0.3, -0.25) is 0 Å². The van der Waals surface area contributed by atoms with Crippen molar-refractivity contribution in [3.63, 3.8) is 0 Å². The van der Waals surface area contributed by atoms with Crippen molar-refractivity contribution in [2.75, 3.05) is 6.61 Å². The SMILES string of the molecule is O=C(CO)[O+]1[C@@]23C[C@]12C3O. The van der Waals surface area contributed by atoms with Gasteiger partial charge in [0.25, 0.3) is 0 Å². The molecule has 4 nitrogen and oxygen atoms in total. The quantitative estimate of drug-likeness (QED) is 0.262.